The predicted octanol–water partition coefficient (Wildman–Crippen LogP) is 1.79. The van der Waals surface area contributed by atoms with Crippen LogP contribution in [0.5, 0.6) is 0 Å². The Morgan fingerprint density at radius 3 is 2.00 bits per heavy atom. The number of rotatable bonds is 12. The van der Waals surface area contributed by atoms with Crippen LogP contribution in [0.3, 0.4) is 0 Å². The van der Waals surface area contributed by atoms with Crippen LogP contribution in [0.2, 0.25) is 0 Å². The van der Waals surface area contributed by atoms with E-state index in [0.717, 1.165) is 11.1 Å². The van der Waals surface area contributed by atoms with E-state index in [1.54, 1.807) is 0 Å². The second-order valence-electron chi connectivity index (χ2n) is 9.10. The topological polar surface area (TPSA) is 135 Å². The van der Waals surface area contributed by atoms with Gasteiger partial charge in [-0.3, -0.25) is 0 Å². The zero-order valence-electron chi connectivity index (χ0n) is 19.9. The van der Waals surface area contributed by atoms with Gasteiger partial charge in [0.25, 0.3) is 0 Å². The van der Waals surface area contributed by atoms with E-state index in [4.69, 9.17) is 18.9 Å². The Labute approximate surface area is 209 Å². The highest BCUT2D eigenvalue weighted by atomic mass is 16.8. The molecule has 194 valence electrons. The molecule has 6 atom stereocenters. The lowest BCUT2D eigenvalue weighted by molar-refractivity contribution is -0.398. The first kappa shape index (κ1) is 26.4. The molecule has 2 saturated heterocycles. The lowest BCUT2D eigenvalue weighted by Gasteiger charge is -2.53. The first-order chi connectivity index (χ1) is 17.4. The van der Waals surface area contributed by atoms with E-state index in [0.29, 0.717) is 6.29 Å². The van der Waals surface area contributed by atoms with Crippen LogP contribution in [0.15, 0.2) is 73.0 Å². The summed E-state index contributed by atoms with van der Waals surface area (Å²) in [5, 5.41) is 43.1. The third-order valence-corrected chi connectivity index (χ3v) is 6.97. The van der Waals surface area contributed by atoms with Crippen LogP contribution in [-0.2, 0) is 37.0 Å². The van der Waals surface area contributed by atoms with Gasteiger partial charge in [-0.2, -0.15) is 0 Å². The van der Waals surface area contributed by atoms with Crippen molar-refractivity contribution in [2.24, 2.45) is 0 Å². The molecule has 0 unspecified atom stereocenters. The van der Waals surface area contributed by atoms with E-state index >= 15 is 0 Å². The van der Waals surface area contributed by atoms with Crippen LogP contribution >= 0.6 is 0 Å². The SMILES string of the molecule is C=C(O)[C@]1(O)[C@@H](CO)O[C@@]2(CCC=O)O[C@]1(CO)[C@H](OCc1ccccc1)[C@H]2OCc1ccccc1. The summed E-state index contributed by atoms with van der Waals surface area (Å²) in [4.78, 5) is 11.3. The molecule has 2 aromatic carbocycles. The molecule has 0 spiro atoms. The molecule has 2 fully saturated rings. The predicted molar refractivity (Wildman–Crippen MR) is 128 cm³/mol. The fourth-order valence-corrected chi connectivity index (χ4v) is 5.20. The van der Waals surface area contributed by atoms with Crippen molar-refractivity contribution in [3.63, 3.8) is 0 Å². The largest absolute Gasteiger partial charge is 0.510 e. The monoisotopic (exact) mass is 500 g/mol. The minimum atomic E-state index is -2.45. The number of ether oxygens (including phenoxy) is 4. The highest BCUT2D eigenvalue weighted by Gasteiger charge is 2.79. The first-order valence-electron chi connectivity index (χ1n) is 11.8. The highest BCUT2D eigenvalue weighted by molar-refractivity contribution is 5.49. The van der Waals surface area contributed by atoms with Crippen molar-refractivity contribution < 1.29 is 44.2 Å². The molecule has 4 N–H and O–H groups in total. The third kappa shape index (κ3) is 4.37. The van der Waals surface area contributed by atoms with E-state index in [1.165, 1.54) is 0 Å². The van der Waals surface area contributed by atoms with Gasteiger partial charge in [-0.15, -0.1) is 0 Å². The molecule has 9 nitrogen and oxygen atoms in total. The van der Waals surface area contributed by atoms with Crippen molar-refractivity contribution in [3.05, 3.63) is 84.1 Å². The zero-order chi connectivity index (χ0) is 25.8. The van der Waals surface area contributed by atoms with Gasteiger partial charge in [-0.25, -0.2) is 0 Å². The summed E-state index contributed by atoms with van der Waals surface area (Å²) in [5.74, 6) is -2.44. The Hall–Kier alpha value is -2.63. The Balaban J connectivity index is 1.80. The number of benzene rings is 2. The quantitative estimate of drug-likeness (QED) is 0.254. The molecule has 36 heavy (non-hydrogen) atoms. The van der Waals surface area contributed by atoms with Crippen LogP contribution < -0.4 is 0 Å². The Morgan fingerprint density at radius 1 is 0.972 bits per heavy atom. The molecular formula is C27H32O9. The number of hydrogen-bond acceptors (Lipinski definition) is 9. The van der Waals surface area contributed by atoms with Crippen LogP contribution in [0.25, 0.3) is 0 Å². The van der Waals surface area contributed by atoms with E-state index < -0.39 is 54.3 Å². The van der Waals surface area contributed by atoms with E-state index in [1.807, 2.05) is 60.7 Å². The minimum Gasteiger partial charge on any atom is -0.510 e. The normalized spacial score (nSPS) is 33.4. The molecule has 2 heterocycles. The molecule has 2 aliphatic heterocycles. The average Bonchev–Trinajstić information content (AvgIpc) is 3.15. The summed E-state index contributed by atoms with van der Waals surface area (Å²) < 4.78 is 24.9. The van der Waals surface area contributed by atoms with Crippen molar-refractivity contribution in [2.75, 3.05) is 13.2 Å². The molecule has 0 saturated carbocycles. The molecule has 2 bridgehead atoms. The summed E-state index contributed by atoms with van der Waals surface area (Å²) in [7, 11) is 0. The van der Waals surface area contributed by atoms with Gasteiger partial charge in [0.05, 0.1) is 26.4 Å². The molecule has 4 rings (SSSR count). The van der Waals surface area contributed by atoms with Crippen molar-refractivity contribution >= 4 is 6.29 Å². The summed E-state index contributed by atoms with van der Waals surface area (Å²) in [5.41, 5.74) is -2.83. The number of aliphatic hydroxyl groups is 4. The van der Waals surface area contributed by atoms with Gasteiger partial charge in [0, 0.05) is 12.8 Å². The maximum atomic E-state index is 11.7. The lowest BCUT2D eigenvalue weighted by atomic mass is 9.74. The summed E-state index contributed by atoms with van der Waals surface area (Å²) in [6.45, 7) is 2.09. The van der Waals surface area contributed by atoms with E-state index in [2.05, 4.69) is 6.58 Å². The van der Waals surface area contributed by atoms with Crippen molar-refractivity contribution in [1.29, 1.82) is 0 Å². The molecule has 2 aliphatic rings. The first-order valence-corrected chi connectivity index (χ1v) is 11.8. The maximum absolute atomic E-state index is 11.7. The summed E-state index contributed by atoms with van der Waals surface area (Å²) >= 11 is 0. The molecular weight excluding hydrogens is 468 g/mol. The standard InChI is InChI=1S/C27H32O9/c1-19(31)27(32)22(15-29)35-26(13-8-14-28)24(34-17-21-11-6-3-7-12-21)23(25(27,18-30)36-26)33-16-20-9-4-2-5-10-20/h2-7,9-12,14,22-24,29-32H,1,8,13,15-18H2/t22-,23-,24-,25-,26+,27+/m1/s1. The van der Waals surface area contributed by atoms with Crippen LogP contribution in [-0.4, -0.2) is 75.2 Å². The Bertz CT molecular complexity index is 1030. The summed E-state index contributed by atoms with van der Waals surface area (Å²) in [6.07, 6.45) is -3.01. The smallest absolute Gasteiger partial charge is 0.199 e. The number of aliphatic hydroxyl groups excluding tert-OH is 3. The van der Waals surface area contributed by atoms with Crippen molar-refractivity contribution in [3.8, 4) is 0 Å². The molecule has 9 heteroatoms. The molecule has 0 amide bonds. The average molecular weight is 501 g/mol. The lowest BCUT2D eigenvalue weighted by Crippen LogP contribution is -2.73. The second-order valence-corrected chi connectivity index (χ2v) is 9.10. The summed E-state index contributed by atoms with van der Waals surface area (Å²) in [6, 6.07) is 18.6. The number of carbonyl (C=O) groups excluding carboxylic acids is 1. The van der Waals surface area contributed by atoms with Crippen molar-refractivity contribution in [2.45, 2.75) is 61.4 Å². The Morgan fingerprint density at radius 2 is 1.53 bits per heavy atom. The Kier molecular flexibility index (Phi) is 7.91. The number of fused-ring (bicyclic) bond motifs is 2. The van der Waals surface area contributed by atoms with E-state index in [-0.39, 0.29) is 26.1 Å². The fourth-order valence-electron chi connectivity index (χ4n) is 5.20. The molecule has 2 aromatic rings. The van der Waals surface area contributed by atoms with Gasteiger partial charge < -0.3 is 44.2 Å². The van der Waals surface area contributed by atoms with Gasteiger partial charge in [0.2, 0.25) is 0 Å². The van der Waals surface area contributed by atoms with Gasteiger partial charge in [0.1, 0.15) is 30.4 Å². The van der Waals surface area contributed by atoms with Gasteiger partial charge >= 0.3 is 0 Å². The number of aldehydes is 1. The molecule has 0 aromatic heterocycles. The fraction of sp³-hybridized carbons (Fsp3) is 0.444. The number of carbonyl (C=O) groups is 1. The van der Waals surface area contributed by atoms with Crippen LogP contribution in [0.4, 0.5) is 0 Å². The van der Waals surface area contributed by atoms with Gasteiger partial charge in [-0.1, -0.05) is 67.2 Å². The molecule has 0 aliphatic carbocycles. The van der Waals surface area contributed by atoms with Gasteiger partial charge in [0.15, 0.2) is 17.0 Å². The minimum absolute atomic E-state index is 0.00656. The highest BCUT2D eigenvalue weighted by Crippen LogP contribution is 2.57. The third-order valence-electron chi connectivity index (χ3n) is 6.97. The number of hydrogen-bond donors (Lipinski definition) is 4. The van der Waals surface area contributed by atoms with Crippen LogP contribution in [0.1, 0.15) is 24.0 Å². The van der Waals surface area contributed by atoms with Crippen LogP contribution in [0, 0.1) is 0 Å². The zero-order valence-corrected chi connectivity index (χ0v) is 19.9. The second kappa shape index (κ2) is 10.8. The maximum Gasteiger partial charge on any atom is 0.199 e. The van der Waals surface area contributed by atoms with E-state index in [9.17, 15) is 25.2 Å². The van der Waals surface area contributed by atoms with Crippen molar-refractivity contribution in [1.82, 2.24) is 0 Å². The van der Waals surface area contributed by atoms with Gasteiger partial charge in [-0.05, 0) is 11.1 Å². The molecule has 0 radical (unpaired) electrons.